The number of carbonyl (C=O) groups is 3. The summed E-state index contributed by atoms with van der Waals surface area (Å²) in [6, 6.07) is 14.2. The van der Waals surface area contributed by atoms with Gasteiger partial charge < -0.3 is 15.2 Å². The quantitative estimate of drug-likeness (QED) is 0.650. The summed E-state index contributed by atoms with van der Waals surface area (Å²) in [7, 11) is 0. The molecule has 2 N–H and O–H groups in total. The predicted molar refractivity (Wildman–Crippen MR) is 106 cm³/mol. The van der Waals surface area contributed by atoms with Crippen molar-refractivity contribution in [3.05, 3.63) is 65.2 Å². The lowest BCUT2D eigenvalue weighted by Crippen LogP contribution is -2.41. The summed E-state index contributed by atoms with van der Waals surface area (Å²) in [5.74, 6) is -1.81. The Labute approximate surface area is 164 Å². The lowest BCUT2D eigenvalue weighted by molar-refractivity contribution is -0.141. The van der Waals surface area contributed by atoms with Crippen LogP contribution in [0.1, 0.15) is 35.3 Å². The second-order valence-corrected chi connectivity index (χ2v) is 6.82. The highest BCUT2D eigenvalue weighted by molar-refractivity contribution is 5.94. The van der Waals surface area contributed by atoms with Crippen molar-refractivity contribution in [2.45, 2.75) is 33.3 Å². The zero-order chi connectivity index (χ0) is 20.7. The van der Waals surface area contributed by atoms with Gasteiger partial charge in [0.25, 0.3) is 5.91 Å². The number of nitrogens with one attached hydrogen (secondary N) is 1. The van der Waals surface area contributed by atoms with Gasteiger partial charge in [-0.25, -0.2) is 0 Å². The minimum Gasteiger partial charge on any atom is -0.481 e. The van der Waals surface area contributed by atoms with Crippen molar-refractivity contribution >= 4 is 17.7 Å². The van der Waals surface area contributed by atoms with Crippen LogP contribution in [0.25, 0.3) is 0 Å². The molecule has 2 rings (SSSR count). The molecule has 0 aliphatic carbocycles. The van der Waals surface area contributed by atoms with Gasteiger partial charge in [-0.05, 0) is 44.9 Å². The molecule has 0 radical (unpaired) electrons. The molecule has 6 nitrogen and oxygen atoms in total. The number of amides is 1. The summed E-state index contributed by atoms with van der Waals surface area (Å²) < 4.78 is 5.58. The minimum atomic E-state index is -0.968. The van der Waals surface area contributed by atoms with Gasteiger partial charge in [-0.3, -0.25) is 14.4 Å². The number of ether oxygens (including phenoxy) is 1. The lowest BCUT2D eigenvalue weighted by atomic mass is 9.98. The molecule has 28 heavy (non-hydrogen) atoms. The van der Waals surface area contributed by atoms with E-state index in [-0.39, 0.29) is 12.3 Å². The van der Waals surface area contributed by atoms with E-state index in [1.54, 1.807) is 31.2 Å². The maximum Gasteiger partial charge on any atom is 0.308 e. The number of aryl methyl sites for hydroxylation is 1. The molecule has 0 saturated heterocycles. The highest BCUT2D eigenvalue weighted by Crippen LogP contribution is 2.16. The van der Waals surface area contributed by atoms with Gasteiger partial charge in [0.2, 0.25) is 0 Å². The summed E-state index contributed by atoms with van der Waals surface area (Å²) in [6.07, 6.45) is -0.497. The first kappa shape index (κ1) is 21.2. The summed E-state index contributed by atoms with van der Waals surface area (Å²) in [5.41, 5.74) is 2.46. The summed E-state index contributed by atoms with van der Waals surface area (Å²) in [5, 5.41) is 12.1. The molecule has 0 spiro atoms. The third kappa shape index (κ3) is 6.23. The molecule has 0 aliphatic rings. The standard InChI is InChI=1S/C22H25NO5/c1-14-6-4-7-17(10-14)11-19(22(26)27)13-23-21(25)16(3)28-20-9-5-8-18(12-20)15(2)24/h4-10,12,16,19H,11,13H2,1-3H3,(H,23,25)(H,26,27). The predicted octanol–water partition coefficient (Wildman–Crippen LogP) is 3.02. The topological polar surface area (TPSA) is 92.7 Å². The number of aliphatic carboxylic acids is 1. The van der Waals surface area contributed by atoms with E-state index in [9.17, 15) is 19.5 Å². The van der Waals surface area contributed by atoms with Crippen LogP contribution in [0.3, 0.4) is 0 Å². The molecule has 0 aromatic heterocycles. The first-order chi connectivity index (χ1) is 13.3. The van der Waals surface area contributed by atoms with Gasteiger partial charge in [0.15, 0.2) is 11.9 Å². The normalized spacial score (nSPS) is 12.7. The van der Waals surface area contributed by atoms with Crippen molar-refractivity contribution in [3.8, 4) is 5.75 Å². The van der Waals surface area contributed by atoms with Crippen LogP contribution in [0.4, 0.5) is 0 Å². The molecular weight excluding hydrogens is 358 g/mol. The van der Waals surface area contributed by atoms with Crippen molar-refractivity contribution in [2.24, 2.45) is 5.92 Å². The molecule has 0 bridgehead atoms. The zero-order valence-corrected chi connectivity index (χ0v) is 16.3. The Balaban J connectivity index is 1.93. The molecule has 2 unspecified atom stereocenters. The molecule has 2 atom stereocenters. The van der Waals surface area contributed by atoms with Crippen LogP contribution in [0.15, 0.2) is 48.5 Å². The van der Waals surface area contributed by atoms with Crippen LogP contribution < -0.4 is 10.1 Å². The Bertz CT molecular complexity index is 862. The van der Waals surface area contributed by atoms with Crippen LogP contribution in [0.2, 0.25) is 0 Å². The average Bonchev–Trinajstić information content (AvgIpc) is 2.64. The second-order valence-electron chi connectivity index (χ2n) is 6.82. The van der Waals surface area contributed by atoms with Crippen molar-refractivity contribution in [2.75, 3.05) is 6.54 Å². The fraction of sp³-hybridized carbons (Fsp3) is 0.318. The minimum absolute atomic E-state index is 0.00327. The second kappa shape index (κ2) is 9.69. The monoisotopic (exact) mass is 383 g/mol. The Morgan fingerprint density at radius 1 is 1.11 bits per heavy atom. The number of hydrogen-bond donors (Lipinski definition) is 2. The van der Waals surface area contributed by atoms with Crippen molar-refractivity contribution in [3.63, 3.8) is 0 Å². The number of rotatable bonds is 9. The van der Waals surface area contributed by atoms with Gasteiger partial charge >= 0.3 is 5.97 Å². The SMILES string of the molecule is CC(=O)c1cccc(OC(C)C(=O)NCC(Cc2cccc(C)c2)C(=O)O)c1. The zero-order valence-electron chi connectivity index (χ0n) is 16.3. The van der Waals surface area contributed by atoms with Gasteiger partial charge in [0.1, 0.15) is 5.75 Å². The van der Waals surface area contributed by atoms with Gasteiger partial charge in [-0.1, -0.05) is 42.0 Å². The summed E-state index contributed by atoms with van der Waals surface area (Å²) in [6.45, 7) is 4.98. The molecule has 148 valence electrons. The van der Waals surface area contributed by atoms with E-state index in [2.05, 4.69) is 5.32 Å². The number of benzene rings is 2. The molecule has 0 saturated carbocycles. The fourth-order valence-corrected chi connectivity index (χ4v) is 2.78. The first-order valence-electron chi connectivity index (χ1n) is 9.10. The number of carboxylic acid groups (broad SMARTS) is 1. The van der Waals surface area contributed by atoms with Crippen LogP contribution >= 0.6 is 0 Å². The van der Waals surface area contributed by atoms with Gasteiger partial charge in [-0.2, -0.15) is 0 Å². The molecule has 6 heteroatoms. The van der Waals surface area contributed by atoms with E-state index in [1.807, 2.05) is 31.2 Å². The number of hydrogen-bond acceptors (Lipinski definition) is 4. The van der Waals surface area contributed by atoms with E-state index in [1.165, 1.54) is 6.92 Å². The maximum atomic E-state index is 12.3. The Kier molecular flexibility index (Phi) is 7.32. The van der Waals surface area contributed by atoms with Crippen molar-refractivity contribution < 1.29 is 24.2 Å². The smallest absolute Gasteiger partial charge is 0.308 e. The average molecular weight is 383 g/mol. The number of carbonyl (C=O) groups excluding carboxylic acids is 2. The largest absolute Gasteiger partial charge is 0.481 e. The van der Waals surface area contributed by atoms with Crippen LogP contribution in [-0.4, -0.2) is 35.4 Å². The molecule has 0 heterocycles. The van der Waals surface area contributed by atoms with Crippen LogP contribution in [0.5, 0.6) is 5.75 Å². The lowest BCUT2D eigenvalue weighted by Gasteiger charge is -2.18. The first-order valence-corrected chi connectivity index (χ1v) is 9.10. The van der Waals surface area contributed by atoms with E-state index >= 15 is 0 Å². The van der Waals surface area contributed by atoms with E-state index in [4.69, 9.17) is 4.74 Å². The molecule has 0 fully saturated rings. The van der Waals surface area contributed by atoms with Gasteiger partial charge in [0.05, 0.1) is 5.92 Å². The highest BCUT2D eigenvalue weighted by Gasteiger charge is 2.22. The van der Waals surface area contributed by atoms with Gasteiger partial charge in [-0.15, -0.1) is 0 Å². The van der Waals surface area contributed by atoms with Crippen molar-refractivity contribution in [1.29, 1.82) is 0 Å². The van der Waals surface area contributed by atoms with E-state index in [0.29, 0.717) is 17.7 Å². The number of Topliss-reactive ketones (excluding diaryl/α,β-unsaturated/α-hetero) is 1. The van der Waals surface area contributed by atoms with E-state index in [0.717, 1.165) is 11.1 Å². The van der Waals surface area contributed by atoms with Gasteiger partial charge in [0, 0.05) is 12.1 Å². The molecule has 2 aromatic rings. The maximum absolute atomic E-state index is 12.3. The Hall–Kier alpha value is -3.15. The Morgan fingerprint density at radius 2 is 1.82 bits per heavy atom. The summed E-state index contributed by atoms with van der Waals surface area (Å²) >= 11 is 0. The molecule has 0 aliphatic heterocycles. The molecular formula is C22H25NO5. The third-order valence-corrected chi connectivity index (χ3v) is 4.36. The Morgan fingerprint density at radius 3 is 2.46 bits per heavy atom. The third-order valence-electron chi connectivity index (χ3n) is 4.36. The number of carboxylic acids is 1. The summed E-state index contributed by atoms with van der Waals surface area (Å²) in [4.78, 5) is 35.3. The van der Waals surface area contributed by atoms with E-state index < -0.39 is 23.9 Å². The van der Waals surface area contributed by atoms with Crippen LogP contribution in [0, 0.1) is 12.8 Å². The highest BCUT2D eigenvalue weighted by atomic mass is 16.5. The fourth-order valence-electron chi connectivity index (χ4n) is 2.78. The molecule has 1 amide bonds. The van der Waals surface area contributed by atoms with Crippen molar-refractivity contribution in [1.82, 2.24) is 5.32 Å². The molecule has 2 aromatic carbocycles. The van der Waals surface area contributed by atoms with Crippen LogP contribution in [-0.2, 0) is 16.0 Å². The number of ketones is 1.